The van der Waals surface area contributed by atoms with Gasteiger partial charge in [0.15, 0.2) is 0 Å². The summed E-state index contributed by atoms with van der Waals surface area (Å²) >= 11 is 0. The molecule has 0 spiro atoms. The maximum absolute atomic E-state index is 11.8. The molecule has 2 rings (SSSR count). The highest BCUT2D eigenvalue weighted by Gasteiger charge is 2.33. The zero-order valence-corrected chi connectivity index (χ0v) is 12.3. The van der Waals surface area contributed by atoms with Crippen LogP contribution in [-0.2, 0) is 4.79 Å². The predicted molar refractivity (Wildman–Crippen MR) is 82.0 cm³/mol. The number of anilines is 1. The fourth-order valence-electron chi connectivity index (χ4n) is 2.76. The molecule has 5 heteroatoms. The topological polar surface area (TPSA) is 84.6 Å². The van der Waals surface area contributed by atoms with E-state index in [1.165, 1.54) is 0 Å². The number of nitrogens with two attached hydrogens (primary N) is 1. The Morgan fingerprint density at radius 3 is 2.81 bits per heavy atom. The molecule has 4 N–H and O–H groups in total. The summed E-state index contributed by atoms with van der Waals surface area (Å²) in [7, 11) is 0. The number of nitrogen functional groups attached to an aromatic ring is 1. The highest BCUT2D eigenvalue weighted by Crippen LogP contribution is 2.36. The van der Waals surface area contributed by atoms with Crippen LogP contribution in [0.2, 0.25) is 0 Å². The molecule has 0 atom stereocenters. The average Bonchev–Trinajstić information content (AvgIpc) is 2.95. The fraction of sp³-hybridized carbons (Fsp3) is 0.562. The van der Waals surface area contributed by atoms with Gasteiger partial charge in [-0.3, -0.25) is 4.79 Å². The average molecular weight is 292 g/mol. The Labute approximate surface area is 125 Å². The van der Waals surface area contributed by atoms with Gasteiger partial charge in [0.2, 0.25) is 5.91 Å². The van der Waals surface area contributed by atoms with Gasteiger partial charge in [-0.2, -0.15) is 0 Å². The molecule has 0 aromatic heterocycles. The summed E-state index contributed by atoms with van der Waals surface area (Å²) in [5.41, 5.74) is 6.19. The van der Waals surface area contributed by atoms with Gasteiger partial charge in [0, 0.05) is 23.7 Å². The zero-order chi connectivity index (χ0) is 15.1. The van der Waals surface area contributed by atoms with E-state index in [1.807, 2.05) is 12.1 Å². The summed E-state index contributed by atoms with van der Waals surface area (Å²) in [6.45, 7) is 1.02. The van der Waals surface area contributed by atoms with Crippen LogP contribution in [0, 0.1) is 5.41 Å². The number of aliphatic hydroxyl groups excluding tert-OH is 1. The minimum Gasteiger partial charge on any atom is -0.493 e. The number of rotatable bonds is 7. The van der Waals surface area contributed by atoms with Gasteiger partial charge in [-0.25, -0.2) is 0 Å². The van der Waals surface area contributed by atoms with E-state index >= 15 is 0 Å². The van der Waals surface area contributed by atoms with E-state index in [2.05, 4.69) is 5.32 Å². The van der Waals surface area contributed by atoms with Gasteiger partial charge in [-0.15, -0.1) is 0 Å². The van der Waals surface area contributed by atoms with Crippen molar-refractivity contribution in [3.8, 4) is 5.75 Å². The van der Waals surface area contributed by atoms with E-state index in [1.54, 1.807) is 12.1 Å². The second kappa shape index (κ2) is 7.31. The number of hydrogen-bond donors (Lipinski definition) is 3. The Bertz CT molecular complexity index is 470. The Balaban J connectivity index is 1.68. The van der Waals surface area contributed by atoms with Crippen molar-refractivity contribution >= 4 is 11.6 Å². The van der Waals surface area contributed by atoms with Crippen molar-refractivity contribution in [1.29, 1.82) is 0 Å². The van der Waals surface area contributed by atoms with Crippen LogP contribution in [0.4, 0.5) is 5.69 Å². The molecule has 0 aliphatic heterocycles. The van der Waals surface area contributed by atoms with E-state index < -0.39 is 0 Å². The Kier molecular flexibility index (Phi) is 5.44. The molecule has 1 aromatic rings. The molecule has 5 nitrogen and oxygen atoms in total. The van der Waals surface area contributed by atoms with Crippen LogP contribution in [0.15, 0.2) is 24.3 Å². The molecule has 1 fully saturated rings. The standard InChI is InChI=1S/C16H24N2O3/c17-13-4-3-5-14(10-13)21-9-6-15(20)18-11-16(12-19)7-1-2-8-16/h3-5,10,19H,1-2,6-9,11-12,17H2,(H,18,20). The van der Waals surface area contributed by atoms with Crippen molar-refractivity contribution < 1.29 is 14.6 Å². The van der Waals surface area contributed by atoms with Crippen molar-refractivity contribution in [2.45, 2.75) is 32.1 Å². The van der Waals surface area contributed by atoms with Gasteiger partial charge in [0.05, 0.1) is 19.6 Å². The highest BCUT2D eigenvalue weighted by molar-refractivity contribution is 5.76. The van der Waals surface area contributed by atoms with E-state index in [9.17, 15) is 9.90 Å². The number of carbonyl (C=O) groups is 1. The molecule has 116 valence electrons. The quantitative estimate of drug-likeness (QED) is 0.668. The number of nitrogens with one attached hydrogen (secondary N) is 1. The largest absolute Gasteiger partial charge is 0.493 e. The molecule has 1 saturated carbocycles. The van der Waals surface area contributed by atoms with E-state index in [0.29, 0.717) is 31.0 Å². The molecule has 0 heterocycles. The van der Waals surface area contributed by atoms with E-state index in [-0.39, 0.29) is 17.9 Å². The van der Waals surface area contributed by atoms with E-state index in [4.69, 9.17) is 10.5 Å². The molecule has 0 unspecified atom stereocenters. The zero-order valence-electron chi connectivity index (χ0n) is 12.3. The van der Waals surface area contributed by atoms with Gasteiger partial charge in [-0.05, 0) is 25.0 Å². The van der Waals surface area contributed by atoms with Gasteiger partial charge in [-0.1, -0.05) is 18.9 Å². The minimum absolute atomic E-state index is 0.0429. The van der Waals surface area contributed by atoms with Gasteiger partial charge < -0.3 is 20.9 Å². The lowest BCUT2D eigenvalue weighted by Crippen LogP contribution is -2.38. The van der Waals surface area contributed by atoms with Crippen molar-refractivity contribution in [3.05, 3.63) is 24.3 Å². The fourth-order valence-corrected chi connectivity index (χ4v) is 2.76. The maximum atomic E-state index is 11.8. The first-order valence-corrected chi connectivity index (χ1v) is 7.49. The second-order valence-electron chi connectivity index (χ2n) is 5.81. The van der Waals surface area contributed by atoms with E-state index in [0.717, 1.165) is 25.7 Å². The Morgan fingerprint density at radius 2 is 2.14 bits per heavy atom. The summed E-state index contributed by atoms with van der Waals surface area (Å²) < 4.78 is 5.49. The van der Waals surface area contributed by atoms with Crippen LogP contribution in [0.3, 0.4) is 0 Å². The van der Waals surface area contributed by atoms with Crippen LogP contribution in [0.1, 0.15) is 32.1 Å². The first-order valence-electron chi connectivity index (χ1n) is 7.49. The Hall–Kier alpha value is -1.75. The van der Waals surface area contributed by atoms with Crippen LogP contribution >= 0.6 is 0 Å². The van der Waals surface area contributed by atoms with Crippen LogP contribution in [0.5, 0.6) is 5.75 Å². The number of amides is 1. The summed E-state index contributed by atoms with van der Waals surface area (Å²) in [6.07, 6.45) is 4.55. The number of hydrogen-bond acceptors (Lipinski definition) is 4. The van der Waals surface area contributed by atoms with Crippen LogP contribution < -0.4 is 15.8 Å². The van der Waals surface area contributed by atoms with Gasteiger partial charge in [0.25, 0.3) is 0 Å². The second-order valence-corrected chi connectivity index (χ2v) is 5.81. The minimum atomic E-state index is -0.107. The third-order valence-electron chi connectivity index (χ3n) is 4.12. The first-order chi connectivity index (χ1) is 10.1. The Morgan fingerprint density at radius 1 is 1.38 bits per heavy atom. The summed E-state index contributed by atoms with van der Waals surface area (Å²) in [4.78, 5) is 11.8. The van der Waals surface area contributed by atoms with Crippen molar-refractivity contribution in [2.24, 2.45) is 5.41 Å². The molecule has 0 bridgehead atoms. The molecule has 0 saturated heterocycles. The number of aliphatic hydroxyl groups is 1. The van der Waals surface area contributed by atoms with Gasteiger partial charge >= 0.3 is 0 Å². The predicted octanol–water partition coefficient (Wildman–Crippen LogP) is 1.71. The summed E-state index contributed by atoms with van der Waals surface area (Å²) in [6, 6.07) is 7.15. The normalized spacial score (nSPS) is 16.6. The third kappa shape index (κ3) is 4.63. The molecular formula is C16H24N2O3. The lowest BCUT2D eigenvalue weighted by Gasteiger charge is -2.26. The molecule has 1 aromatic carbocycles. The molecule has 1 aliphatic carbocycles. The third-order valence-corrected chi connectivity index (χ3v) is 4.12. The molecule has 1 amide bonds. The van der Waals surface area contributed by atoms with Crippen LogP contribution in [0.25, 0.3) is 0 Å². The highest BCUT2D eigenvalue weighted by atomic mass is 16.5. The molecule has 1 aliphatic rings. The maximum Gasteiger partial charge on any atom is 0.223 e. The number of ether oxygens (including phenoxy) is 1. The van der Waals surface area contributed by atoms with Gasteiger partial charge in [0.1, 0.15) is 5.75 Å². The van der Waals surface area contributed by atoms with Crippen molar-refractivity contribution in [3.63, 3.8) is 0 Å². The summed E-state index contributed by atoms with van der Waals surface area (Å²) in [5.74, 6) is 0.629. The molecular weight excluding hydrogens is 268 g/mol. The summed E-state index contributed by atoms with van der Waals surface area (Å²) in [5, 5.41) is 12.4. The monoisotopic (exact) mass is 292 g/mol. The van der Waals surface area contributed by atoms with Crippen molar-refractivity contribution in [1.82, 2.24) is 5.32 Å². The number of carbonyl (C=O) groups excluding carboxylic acids is 1. The first kappa shape index (κ1) is 15.6. The van der Waals surface area contributed by atoms with Crippen LogP contribution in [-0.4, -0.2) is 30.8 Å². The SMILES string of the molecule is Nc1cccc(OCCC(=O)NCC2(CO)CCCC2)c1. The number of benzene rings is 1. The lowest BCUT2D eigenvalue weighted by atomic mass is 9.87. The molecule has 21 heavy (non-hydrogen) atoms. The van der Waals surface area contributed by atoms with Crippen molar-refractivity contribution in [2.75, 3.05) is 25.5 Å². The molecule has 0 radical (unpaired) electrons. The smallest absolute Gasteiger partial charge is 0.223 e. The lowest BCUT2D eigenvalue weighted by molar-refractivity contribution is -0.122.